The molecular formula is C8H10BrClN4O. The molecule has 0 spiro atoms. The molecule has 0 aromatic heterocycles. The average Bonchev–Trinajstić information content (AvgIpc) is 2.12. The molecule has 7 heteroatoms. The molecule has 82 valence electrons. The van der Waals surface area contributed by atoms with Crippen LogP contribution in [0.1, 0.15) is 5.56 Å². The Hall–Kier alpha value is -1.27. The summed E-state index contributed by atoms with van der Waals surface area (Å²) in [6.45, 7) is 0. The number of nitrogens with two attached hydrogens (primary N) is 2. The second kappa shape index (κ2) is 6.26. The fourth-order valence-electron chi connectivity index (χ4n) is 0.794. The van der Waals surface area contributed by atoms with Crippen LogP contribution in [-0.2, 0) is 0 Å². The number of benzene rings is 1. The number of halogens is 2. The molecule has 0 heterocycles. The number of phenols is 1. The van der Waals surface area contributed by atoms with E-state index in [2.05, 4.69) is 26.1 Å². The highest BCUT2D eigenvalue weighted by Gasteiger charge is 2.00. The third-order valence-electron chi connectivity index (χ3n) is 1.39. The van der Waals surface area contributed by atoms with Crippen LogP contribution in [0.5, 0.6) is 5.75 Å². The number of para-hydroxylation sites is 1. The maximum Gasteiger partial charge on any atom is 0.211 e. The van der Waals surface area contributed by atoms with Gasteiger partial charge >= 0.3 is 0 Å². The molecule has 0 unspecified atom stereocenters. The highest BCUT2D eigenvalue weighted by atomic mass is 79.9. The molecule has 0 fully saturated rings. The molecule has 1 rings (SSSR count). The zero-order valence-electron chi connectivity index (χ0n) is 7.59. The Morgan fingerprint density at radius 1 is 1.40 bits per heavy atom. The van der Waals surface area contributed by atoms with Crippen molar-refractivity contribution in [2.45, 2.75) is 0 Å². The summed E-state index contributed by atoms with van der Waals surface area (Å²) in [4.78, 5) is 0. The molecule has 0 amide bonds. The van der Waals surface area contributed by atoms with Gasteiger partial charge in [-0.05, 0) is 28.1 Å². The third-order valence-corrected chi connectivity index (χ3v) is 2.03. The predicted molar refractivity (Wildman–Crippen MR) is 66.5 cm³/mol. The Kier molecular flexibility index (Phi) is 5.73. The van der Waals surface area contributed by atoms with Crippen LogP contribution in [0, 0.1) is 0 Å². The fraction of sp³-hybridized carbons (Fsp3) is 0. The van der Waals surface area contributed by atoms with Crippen molar-refractivity contribution in [3.63, 3.8) is 0 Å². The van der Waals surface area contributed by atoms with E-state index in [1.807, 2.05) is 0 Å². The molecule has 0 aliphatic carbocycles. The molecule has 0 aliphatic rings. The van der Waals surface area contributed by atoms with Gasteiger partial charge in [0, 0.05) is 5.56 Å². The van der Waals surface area contributed by atoms with Crippen LogP contribution in [0.2, 0.25) is 0 Å². The zero-order valence-corrected chi connectivity index (χ0v) is 9.99. The van der Waals surface area contributed by atoms with E-state index in [1.54, 1.807) is 18.2 Å². The number of guanidine groups is 1. The molecule has 1 aromatic rings. The van der Waals surface area contributed by atoms with Gasteiger partial charge in [0.25, 0.3) is 0 Å². The Balaban J connectivity index is 0.00000196. The van der Waals surface area contributed by atoms with Gasteiger partial charge in [0.1, 0.15) is 5.75 Å². The SMILES string of the molecule is Cl.NC(N)=N/N=C/c1cccc(Br)c1O. The summed E-state index contributed by atoms with van der Waals surface area (Å²) in [6.07, 6.45) is 1.36. The predicted octanol–water partition coefficient (Wildman–Crippen LogP) is 1.18. The molecular weight excluding hydrogens is 283 g/mol. The summed E-state index contributed by atoms with van der Waals surface area (Å²) >= 11 is 3.17. The van der Waals surface area contributed by atoms with Crippen molar-refractivity contribution in [3.05, 3.63) is 28.2 Å². The maximum atomic E-state index is 9.51. The first-order valence-electron chi connectivity index (χ1n) is 3.70. The largest absolute Gasteiger partial charge is 0.506 e. The van der Waals surface area contributed by atoms with Gasteiger partial charge in [0.05, 0.1) is 10.7 Å². The van der Waals surface area contributed by atoms with E-state index >= 15 is 0 Å². The van der Waals surface area contributed by atoms with Gasteiger partial charge in [0.15, 0.2) is 0 Å². The van der Waals surface area contributed by atoms with Crippen LogP contribution < -0.4 is 11.5 Å². The van der Waals surface area contributed by atoms with E-state index < -0.39 is 0 Å². The van der Waals surface area contributed by atoms with Crippen LogP contribution in [0.4, 0.5) is 0 Å². The minimum atomic E-state index is -0.129. The molecule has 0 bridgehead atoms. The lowest BCUT2D eigenvalue weighted by molar-refractivity contribution is 0.471. The summed E-state index contributed by atoms with van der Waals surface area (Å²) in [7, 11) is 0. The molecule has 5 nitrogen and oxygen atoms in total. The first-order chi connectivity index (χ1) is 6.61. The van der Waals surface area contributed by atoms with Crippen LogP contribution >= 0.6 is 28.3 Å². The summed E-state index contributed by atoms with van der Waals surface area (Å²) in [6, 6.07) is 5.17. The first kappa shape index (κ1) is 13.7. The van der Waals surface area contributed by atoms with Gasteiger partial charge in [-0.25, -0.2) is 0 Å². The molecule has 0 aliphatic heterocycles. The van der Waals surface area contributed by atoms with Gasteiger partial charge in [-0.1, -0.05) is 6.07 Å². The third kappa shape index (κ3) is 4.18. The maximum absolute atomic E-state index is 9.51. The Morgan fingerprint density at radius 2 is 2.07 bits per heavy atom. The summed E-state index contributed by atoms with van der Waals surface area (Å²) in [5.74, 6) is -0.0298. The first-order valence-corrected chi connectivity index (χ1v) is 4.50. The van der Waals surface area contributed by atoms with Crippen molar-refractivity contribution < 1.29 is 5.11 Å². The minimum absolute atomic E-state index is 0. The topological polar surface area (TPSA) is 97.0 Å². The van der Waals surface area contributed by atoms with E-state index in [-0.39, 0.29) is 24.1 Å². The van der Waals surface area contributed by atoms with Crippen LogP contribution in [-0.4, -0.2) is 17.3 Å². The quantitative estimate of drug-likeness (QED) is 0.434. The Labute approximate surface area is 101 Å². The van der Waals surface area contributed by atoms with E-state index in [9.17, 15) is 5.11 Å². The number of aromatic hydroxyl groups is 1. The zero-order chi connectivity index (χ0) is 10.6. The molecule has 1 aromatic carbocycles. The molecule has 0 saturated heterocycles. The second-order valence-corrected chi connectivity index (χ2v) is 3.30. The van der Waals surface area contributed by atoms with Crippen molar-refractivity contribution in [2.24, 2.45) is 21.7 Å². The van der Waals surface area contributed by atoms with E-state index in [1.165, 1.54) is 6.21 Å². The van der Waals surface area contributed by atoms with Gasteiger partial charge in [-0.3, -0.25) is 0 Å². The summed E-state index contributed by atoms with van der Waals surface area (Å²) in [5.41, 5.74) is 10.7. The molecule has 15 heavy (non-hydrogen) atoms. The van der Waals surface area contributed by atoms with Crippen molar-refractivity contribution >= 4 is 40.5 Å². The monoisotopic (exact) mass is 292 g/mol. The fourth-order valence-corrected chi connectivity index (χ4v) is 1.18. The summed E-state index contributed by atoms with van der Waals surface area (Å²) < 4.78 is 0.589. The van der Waals surface area contributed by atoms with Crippen LogP contribution in [0.25, 0.3) is 0 Å². The molecule has 0 atom stereocenters. The van der Waals surface area contributed by atoms with E-state index in [0.29, 0.717) is 10.0 Å². The Bertz CT molecular complexity index is 390. The standard InChI is InChI=1S/C8H9BrN4O.ClH/c9-6-3-1-2-5(7(6)14)4-12-13-8(10)11;/h1-4,14H,(H4,10,11,13);1H/b12-4+;. The smallest absolute Gasteiger partial charge is 0.211 e. The molecule has 0 radical (unpaired) electrons. The lowest BCUT2D eigenvalue weighted by atomic mass is 10.2. The highest BCUT2D eigenvalue weighted by molar-refractivity contribution is 9.10. The van der Waals surface area contributed by atoms with Gasteiger partial charge in [-0.2, -0.15) is 5.10 Å². The van der Waals surface area contributed by atoms with E-state index in [0.717, 1.165) is 0 Å². The number of phenolic OH excluding ortho intramolecular Hbond substituents is 1. The van der Waals surface area contributed by atoms with Gasteiger partial charge in [0.2, 0.25) is 5.96 Å². The lowest BCUT2D eigenvalue weighted by Crippen LogP contribution is -2.21. The average molecular weight is 294 g/mol. The highest BCUT2D eigenvalue weighted by Crippen LogP contribution is 2.25. The lowest BCUT2D eigenvalue weighted by Gasteiger charge is -1.98. The van der Waals surface area contributed by atoms with Crippen LogP contribution in [0.3, 0.4) is 0 Å². The van der Waals surface area contributed by atoms with Gasteiger partial charge < -0.3 is 16.6 Å². The van der Waals surface area contributed by atoms with Crippen molar-refractivity contribution in [3.8, 4) is 5.75 Å². The van der Waals surface area contributed by atoms with Crippen molar-refractivity contribution in [1.82, 2.24) is 0 Å². The van der Waals surface area contributed by atoms with Gasteiger partial charge in [-0.15, -0.1) is 17.5 Å². The van der Waals surface area contributed by atoms with Crippen molar-refractivity contribution in [1.29, 1.82) is 0 Å². The Morgan fingerprint density at radius 3 is 2.67 bits per heavy atom. The van der Waals surface area contributed by atoms with Crippen LogP contribution in [0.15, 0.2) is 32.9 Å². The minimum Gasteiger partial charge on any atom is -0.506 e. The summed E-state index contributed by atoms with van der Waals surface area (Å²) in [5, 5.41) is 16.5. The molecule has 0 saturated carbocycles. The number of rotatable bonds is 2. The normalized spacial score (nSPS) is 9.67. The number of hydrogen-bond donors (Lipinski definition) is 3. The second-order valence-electron chi connectivity index (χ2n) is 2.45. The molecule has 5 N–H and O–H groups in total. The van der Waals surface area contributed by atoms with Crippen molar-refractivity contribution in [2.75, 3.05) is 0 Å². The van der Waals surface area contributed by atoms with E-state index in [4.69, 9.17) is 11.5 Å². The number of hydrogen-bond acceptors (Lipinski definition) is 3. The number of nitrogens with zero attached hydrogens (tertiary/aromatic N) is 2.